The van der Waals surface area contributed by atoms with Gasteiger partial charge in [0.15, 0.2) is 0 Å². The van der Waals surface area contributed by atoms with Crippen LogP contribution in [0.2, 0.25) is 5.02 Å². The maximum Gasteiger partial charge on any atom is 0.274 e. The van der Waals surface area contributed by atoms with Gasteiger partial charge in [0.1, 0.15) is 11.3 Å². The molecule has 1 N–H and O–H groups in total. The summed E-state index contributed by atoms with van der Waals surface area (Å²) < 4.78 is 0. The molecule has 0 bridgehead atoms. The maximum absolute atomic E-state index is 12.7. The highest BCUT2D eigenvalue weighted by atomic mass is 35.5. The van der Waals surface area contributed by atoms with E-state index in [1.54, 1.807) is 23.1 Å². The number of aromatic nitrogens is 2. The van der Waals surface area contributed by atoms with Crippen molar-refractivity contribution in [2.75, 3.05) is 13.1 Å². The number of carbonyl (C=O) groups excluding carboxylic acids is 1. The summed E-state index contributed by atoms with van der Waals surface area (Å²) in [6.45, 7) is 0.544. The molecule has 134 valence electrons. The summed E-state index contributed by atoms with van der Waals surface area (Å²) in [5.74, 6) is 5.57. The molecule has 1 aliphatic rings. The minimum Gasteiger partial charge on any atom is -0.376 e. The van der Waals surface area contributed by atoms with Crippen LogP contribution in [0.1, 0.15) is 22.5 Å². The zero-order valence-corrected chi connectivity index (χ0v) is 15.1. The van der Waals surface area contributed by atoms with Gasteiger partial charge in [-0.15, -0.1) is 0 Å². The molecule has 4 rings (SSSR count). The van der Waals surface area contributed by atoms with Crippen molar-refractivity contribution in [2.24, 2.45) is 0 Å². The van der Waals surface area contributed by atoms with Gasteiger partial charge in [0.05, 0.1) is 23.8 Å². The van der Waals surface area contributed by atoms with Crippen molar-refractivity contribution >= 4 is 28.5 Å². The lowest BCUT2D eigenvalue weighted by Crippen LogP contribution is -2.35. The first kappa shape index (κ1) is 17.5. The normalized spacial score (nSPS) is 19.0. The molecule has 1 atom stereocenters. The molecule has 5 nitrogen and oxygen atoms in total. The average Bonchev–Trinajstić information content (AvgIpc) is 3.08. The lowest BCUT2D eigenvalue weighted by molar-refractivity contribution is 0.0702. The number of para-hydroxylation sites is 2. The minimum atomic E-state index is -1.25. The lowest BCUT2D eigenvalue weighted by Gasteiger charge is -2.18. The first-order chi connectivity index (χ1) is 13.0. The molecule has 1 fully saturated rings. The van der Waals surface area contributed by atoms with Crippen LogP contribution in [-0.4, -0.2) is 44.6 Å². The Balaban J connectivity index is 1.52. The number of benzene rings is 2. The van der Waals surface area contributed by atoms with E-state index < -0.39 is 5.60 Å². The smallest absolute Gasteiger partial charge is 0.274 e. The van der Waals surface area contributed by atoms with Crippen LogP contribution in [0, 0.1) is 11.8 Å². The van der Waals surface area contributed by atoms with Gasteiger partial charge in [0.25, 0.3) is 5.91 Å². The molecule has 1 unspecified atom stereocenters. The van der Waals surface area contributed by atoms with E-state index in [2.05, 4.69) is 21.8 Å². The second-order valence-electron chi connectivity index (χ2n) is 6.51. The largest absolute Gasteiger partial charge is 0.376 e. The molecule has 0 saturated carbocycles. The Hall–Kier alpha value is -2.94. The topological polar surface area (TPSA) is 66.3 Å². The Bertz CT molecular complexity index is 1090. The highest BCUT2D eigenvalue weighted by Gasteiger charge is 2.37. The zero-order chi connectivity index (χ0) is 18.9. The van der Waals surface area contributed by atoms with Crippen molar-refractivity contribution in [1.29, 1.82) is 0 Å². The first-order valence-corrected chi connectivity index (χ1v) is 8.92. The molecule has 2 heterocycles. The molecule has 0 aliphatic carbocycles. The van der Waals surface area contributed by atoms with Crippen molar-refractivity contribution in [1.82, 2.24) is 14.9 Å². The van der Waals surface area contributed by atoms with Gasteiger partial charge in [-0.2, -0.15) is 0 Å². The Labute approximate surface area is 161 Å². The standard InChI is InChI=1S/C21H16ClN3O2/c22-16-5-3-4-15(12-16)8-9-21(27)10-11-25(14-21)20(26)19-13-23-17-6-1-2-7-18(17)24-19/h1-7,12-13,27H,10-11,14H2. The Morgan fingerprint density at radius 2 is 2.00 bits per heavy atom. The van der Waals surface area contributed by atoms with E-state index in [4.69, 9.17) is 11.6 Å². The molecule has 0 radical (unpaired) electrons. The second-order valence-corrected chi connectivity index (χ2v) is 6.95. The number of nitrogens with zero attached hydrogens (tertiary/aromatic N) is 3. The van der Waals surface area contributed by atoms with E-state index in [9.17, 15) is 9.90 Å². The van der Waals surface area contributed by atoms with Gasteiger partial charge in [-0.05, 0) is 30.3 Å². The molecular weight excluding hydrogens is 362 g/mol. The van der Waals surface area contributed by atoms with Gasteiger partial charge in [-0.25, -0.2) is 4.98 Å². The maximum atomic E-state index is 12.7. The van der Waals surface area contributed by atoms with Crippen LogP contribution in [-0.2, 0) is 0 Å². The van der Waals surface area contributed by atoms with Gasteiger partial charge in [0, 0.05) is 23.6 Å². The van der Waals surface area contributed by atoms with E-state index in [0.29, 0.717) is 23.5 Å². The number of amides is 1. The van der Waals surface area contributed by atoms with Crippen molar-refractivity contribution in [2.45, 2.75) is 12.0 Å². The number of carbonyl (C=O) groups is 1. The molecule has 1 amide bonds. The molecule has 6 heteroatoms. The average molecular weight is 378 g/mol. The van der Waals surface area contributed by atoms with Gasteiger partial charge < -0.3 is 10.0 Å². The zero-order valence-electron chi connectivity index (χ0n) is 14.4. The number of rotatable bonds is 1. The van der Waals surface area contributed by atoms with E-state index in [0.717, 1.165) is 11.1 Å². The molecule has 1 aliphatic heterocycles. The predicted octanol–water partition coefficient (Wildman–Crippen LogP) is 2.91. The SMILES string of the molecule is O=C(c1cnc2ccccc2n1)N1CCC(O)(C#Cc2cccc(Cl)c2)C1. The fourth-order valence-corrected chi connectivity index (χ4v) is 3.24. The predicted molar refractivity (Wildman–Crippen MR) is 103 cm³/mol. The molecule has 1 aromatic heterocycles. The fraction of sp³-hybridized carbons (Fsp3) is 0.190. The third-order valence-corrected chi connectivity index (χ3v) is 4.70. The third-order valence-electron chi connectivity index (χ3n) is 4.47. The number of hydrogen-bond donors (Lipinski definition) is 1. The molecule has 0 spiro atoms. The molecule has 3 aromatic rings. The molecular formula is C21H16ClN3O2. The summed E-state index contributed by atoms with van der Waals surface area (Å²) in [5.41, 5.74) is 1.14. The molecule has 27 heavy (non-hydrogen) atoms. The minimum absolute atomic E-state index is 0.133. The highest BCUT2D eigenvalue weighted by Crippen LogP contribution is 2.23. The Kier molecular flexibility index (Phi) is 4.53. The Morgan fingerprint density at radius 3 is 2.81 bits per heavy atom. The summed E-state index contributed by atoms with van der Waals surface area (Å²) in [7, 11) is 0. The van der Waals surface area contributed by atoms with Gasteiger partial charge in [-0.3, -0.25) is 9.78 Å². The van der Waals surface area contributed by atoms with E-state index in [-0.39, 0.29) is 18.1 Å². The van der Waals surface area contributed by atoms with Crippen molar-refractivity contribution < 1.29 is 9.90 Å². The van der Waals surface area contributed by atoms with Gasteiger partial charge >= 0.3 is 0 Å². The number of likely N-dealkylation sites (tertiary alicyclic amines) is 1. The van der Waals surface area contributed by atoms with E-state index in [1.807, 2.05) is 30.3 Å². The lowest BCUT2D eigenvalue weighted by atomic mass is 10.0. The number of hydrogen-bond acceptors (Lipinski definition) is 4. The van der Waals surface area contributed by atoms with Crippen LogP contribution in [0.4, 0.5) is 0 Å². The van der Waals surface area contributed by atoms with E-state index in [1.165, 1.54) is 6.20 Å². The van der Waals surface area contributed by atoms with Crippen LogP contribution in [0.25, 0.3) is 11.0 Å². The van der Waals surface area contributed by atoms with Gasteiger partial charge in [0.2, 0.25) is 0 Å². The fourth-order valence-electron chi connectivity index (χ4n) is 3.05. The third kappa shape index (κ3) is 3.77. The Morgan fingerprint density at radius 1 is 1.19 bits per heavy atom. The number of fused-ring (bicyclic) bond motifs is 1. The highest BCUT2D eigenvalue weighted by molar-refractivity contribution is 6.30. The number of halogens is 1. The number of β-amino-alcohol motifs (C(OH)–C–C–N with tert-alkyl or cyclic N) is 1. The first-order valence-electron chi connectivity index (χ1n) is 8.55. The van der Waals surface area contributed by atoms with Crippen LogP contribution in [0.3, 0.4) is 0 Å². The summed E-state index contributed by atoms with van der Waals surface area (Å²) in [5, 5.41) is 11.3. The summed E-state index contributed by atoms with van der Waals surface area (Å²) in [6, 6.07) is 14.5. The summed E-state index contributed by atoms with van der Waals surface area (Å²) in [6.07, 6.45) is 1.85. The van der Waals surface area contributed by atoms with Crippen LogP contribution >= 0.6 is 11.6 Å². The monoisotopic (exact) mass is 377 g/mol. The second kappa shape index (κ2) is 6.99. The summed E-state index contributed by atoms with van der Waals surface area (Å²) in [4.78, 5) is 23.0. The van der Waals surface area contributed by atoms with Crippen molar-refractivity contribution in [3.05, 3.63) is 71.0 Å². The van der Waals surface area contributed by atoms with Crippen molar-refractivity contribution in [3.8, 4) is 11.8 Å². The quantitative estimate of drug-likeness (QED) is 0.662. The molecule has 1 saturated heterocycles. The molecule has 2 aromatic carbocycles. The summed E-state index contributed by atoms with van der Waals surface area (Å²) >= 11 is 5.95. The van der Waals surface area contributed by atoms with Crippen LogP contribution in [0.5, 0.6) is 0 Å². The van der Waals surface area contributed by atoms with Crippen LogP contribution in [0.15, 0.2) is 54.7 Å². The number of aliphatic hydroxyl groups is 1. The van der Waals surface area contributed by atoms with E-state index >= 15 is 0 Å². The van der Waals surface area contributed by atoms with Crippen molar-refractivity contribution in [3.63, 3.8) is 0 Å². The van der Waals surface area contributed by atoms with Crippen LogP contribution < -0.4 is 0 Å². The van der Waals surface area contributed by atoms with Gasteiger partial charge in [-0.1, -0.05) is 41.6 Å².